The van der Waals surface area contributed by atoms with Crippen LogP contribution in [0.1, 0.15) is 78.6 Å². The molecule has 0 aliphatic carbocycles. The van der Waals surface area contributed by atoms with Gasteiger partial charge in [0.05, 0.1) is 0 Å². The van der Waals surface area contributed by atoms with Crippen molar-refractivity contribution < 1.29 is 0 Å². The van der Waals surface area contributed by atoms with Crippen LogP contribution >= 0.6 is 0 Å². The lowest BCUT2D eigenvalue weighted by Gasteiger charge is -2.05. The Balaban J connectivity index is 2.88. The van der Waals surface area contributed by atoms with E-state index in [0.29, 0.717) is 0 Å². The molecular weight excluding hydrogens is 194 g/mol. The van der Waals surface area contributed by atoms with Gasteiger partial charge in [0, 0.05) is 0 Å². The molecule has 0 saturated carbocycles. The lowest BCUT2D eigenvalue weighted by atomic mass is 10.0. The zero-order chi connectivity index (χ0) is 12.1. The highest BCUT2D eigenvalue weighted by molar-refractivity contribution is 4.51. The maximum Gasteiger partial charge on any atom is -0.00489 e. The molecule has 16 heavy (non-hydrogen) atoms. The van der Waals surface area contributed by atoms with Gasteiger partial charge in [0.1, 0.15) is 0 Å². The van der Waals surface area contributed by atoms with Crippen molar-refractivity contribution in [2.45, 2.75) is 78.6 Å². The molecule has 0 fully saturated rings. The zero-order valence-electron chi connectivity index (χ0n) is 11.9. The van der Waals surface area contributed by atoms with Crippen LogP contribution in [0.25, 0.3) is 0 Å². The van der Waals surface area contributed by atoms with Crippen molar-refractivity contribution in [3.63, 3.8) is 0 Å². The Morgan fingerprint density at radius 2 is 1.31 bits per heavy atom. The molecule has 0 aliphatic rings. The lowest BCUT2D eigenvalue weighted by molar-refractivity contribution is 0.509. The van der Waals surface area contributed by atoms with Crippen molar-refractivity contribution >= 4 is 0 Å². The van der Waals surface area contributed by atoms with Gasteiger partial charge in [-0.1, -0.05) is 65.7 Å². The van der Waals surface area contributed by atoms with Crippen LogP contribution in [0.2, 0.25) is 0 Å². The third-order valence-electron chi connectivity index (χ3n) is 3.09. The molecule has 0 heterocycles. The van der Waals surface area contributed by atoms with Crippen LogP contribution in [0.4, 0.5) is 0 Å². The van der Waals surface area contributed by atoms with Crippen molar-refractivity contribution in [3.05, 3.63) is 0 Å². The molecule has 1 N–H and O–H groups in total. The number of rotatable bonds is 12. The van der Waals surface area contributed by atoms with Crippen LogP contribution in [0.5, 0.6) is 0 Å². The van der Waals surface area contributed by atoms with Crippen LogP contribution < -0.4 is 5.32 Å². The molecule has 0 aliphatic heterocycles. The van der Waals surface area contributed by atoms with E-state index in [-0.39, 0.29) is 0 Å². The van der Waals surface area contributed by atoms with E-state index in [4.69, 9.17) is 0 Å². The Hall–Kier alpha value is -0.0400. The summed E-state index contributed by atoms with van der Waals surface area (Å²) < 4.78 is 0. The molecule has 1 heteroatoms. The molecule has 0 aromatic heterocycles. The van der Waals surface area contributed by atoms with Gasteiger partial charge in [-0.15, -0.1) is 0 Å². The molecule has 0 aromatic carbocycles. The van der Waals surface area contributed by atoms with Gasteiger partial charge in [-0.2, -0.15) is 0 Å². The van der Waals surface area contributed by atoms with E-state index in [2.05, 4.69) is 26.1 Å². The minimum Gasteiger partial charge on any atom is -0.317 e. The fourth-order valence-electron chi connectivity index (χ4n) is 1.96. The summed E-state index contributed by atoms with van der Waals surface area (Å²) in [6.07, 6.45) is 12.5. The molecule has 0 unspecified atom stereocenters. The van der Waals surface area contributed by atoms with Crippen molar-refractivity contribution in [2.24, 2.45) is 5.92 Å². The molecular formula is C15H33N. The van der Waals surface area contributed by atoms with Gasteiger partial charge in [-0.05, 0) is 31.8 Å². The summed E-state index contributed by atoms with van der Waals surface area (Å²) >= 11 is 0. The molecule has 0 radical (unpaired) electrons. The highest BCUT2D eigenvalue weighted by Gasteiger charge is 1.94. The van der Waals surface area contributed by atoms with E-state index in [0.717, 1.165) is 5.92 Å². The second-order valence-corrected chi connectivity index (χ2v) is 5.41. The minimum atomic E-state index is 0.886. The fraction of sp³-hybridized carbons (Fsp3) is 1.00. The first kappa shape index (κ1) is 16.0. The van der Waals surface area contributed by atoms with Crippen LogP contribution in [-0.2, 0) is 0 Å². The van der Waals surface area contributed by atoms with Crippen molar-refractivity contribution in [3.8, 4) is 0 Å². The Bertz CT molecular complexity index is 121. The quantitative estimate of drug-likeness (QED) is 0.474. The zero-order valence-corrected chi connectivity index (χ0v) is 11.9. The summed E-state index contributed by atoms with van der Waals surface area (Å²) in [6.45, 7) is 9.36. The Labute approximate surface area is 103 Å². The first-order valence-corrected chi connectivity index (χ1v) is 7.48. The van der Waals surface area contributed by atoms with Crippen LogP contribution in [0.3, 0.4) is 0 Å². The highest BCUT2D eigenvalue weighted by Crippen LogP contribution is 2.08. The summed E-state index contributed by atoms with van der Waals surface area (Å²) in [4.78, 5) is 0. The molecule has 0 saturated heterocycles. The first-order valence-electron chi connectivity index (χ1n) is 7.48. The fourth-order valence-corrected chi connectivity index (χ4v) is 1.96. The molecule has 0 atom stereocenters. The topological polar surface area (TPSA) is 12.0 Å². The number of nitrogens with one attached hydrogen (secondary N) is 1. The second-order valence-electron chi connectivity index (χ2n) is 5.41. The van der Waals surface area contributed by atoms with E-state index < -0.39 is 0 Å². The Morgan fingerprint density at radius 1 is 0.750 bits per heavy atom. The van der Waals surface area contributed by atoms with Gasteiger partial charge in [0.15, 0.2) is 0 Å². The summed E-state index contributed by atoms with van der Waals surface area (Å²) in [5.41, 5.74) is 0. The summed E-state index contributed by atoms with van der Waals surface area (Å²) in [5, 5.41) is 3.54. The van der Waals surface area contributed by atoms with Gasteiger partial charge in [-0.25, -0.2) is 0 Å². The Morgan fingerprint density at radius 3 is 1.88 bits per heavy atom. The van der Waals surface area contributed by atoms with Gasteiger partial charge in [-0.3, -0.25) is 0 Å². The normalized spacial score (nSPS) is 11.2. The van der Waals surface area contributed by atoms with E-state index >= 15 is 0 Å². The number of hydrogen-bond donors (Lipinski definition) is 1. The lowest BCUT2D eigenvalue weighted by Crippen LogP contribution is -2.16. The summed E-state index contributed by atoms with van der Waals surface area (Å²) in [7, 11) is 0. The maximum absolute atomic E-state index is 3.54. The molecule has 0 amide bonds. The summed E-state index contributed by atoms with van der Waals surface area (Å²) in [5.74, 6) is 0.886. The summed E-state index contributed by atoms with van der Waals surface area (Å²) in [6, 6.07) is 0. The molecule has 0 rings (SSSR count). The van der Waals surface area contributed by atoms with Gasteiger partial charge in [0.25, 0.3) is 0 Å². The minimum absolute atomic E-state index is 0.886. The average Bonchev–Trinajstić information content (AvgIpc) is 2.25. The van der Waals surface area contributed by atoms with Crippen LogP contribution in [0, 0.1) is 5.92 Å². The third-order valence-corrected chi connectivity index (χ3v) is 3.09. The average molecular weight is 227 g/mol. The molecule has 98 valence electrons. The van der Waals surface area contributed by atoms with E-state index in [1.165, 1.54) is 70.9 Å². The van der Waals surface area contributed by atoms with Gasteiger partial charge in [0.2, 0.25) is 0 Å². The van der Waals surface area contributed by atoms with Crippen molar-refractivity contribution in [1.29, 1.82) is 0 Å². The molecule has 1 nitrogen and oxygen atoms in total. The van der Waals surface area contributed by atoms with Gasteiger partial charge >= 0.3 is 0 Å². The van der Waals surface area contributed by atoms with Gasteiger partial charge < -0.3 is 5.32 Å². The Kier molecular flexibility index (Phi) is 13.0. The molecule has 0 spiro atoms. The van der Waals surface area contributed by atoms with E-state index in [1.807, 2.05) is 0 Å². The maximum atomic E-state index is 3.54. The monoisotopic (exact) mass is 227 g/mol. The van der Waals surface area contributed by atoms with E-state index in [1.54, 1.807) is 0 Å². The highest BCUT2D eigenvalue weighted by atomic mass is 14.8. The molecule has 0 bridgehead atoms. The SMILES string of the molecule is CCCCCCNCCCCCCC(C)C. The predicted molar refractivity (Wildman–Crippen MR) is 74.9 cm³/mol. The predicted octanol–water partition coefficient (Wildman–Crippen LogP) is 4.76. The van der Waals surface area contributed by atoms with Crippen molar-refractivity contribution in [2.75, 3.05) is 13.1 Å². The third kappa shape index (κ3) is 14.0. The van der Waals surface area contributed by atoms with E-state index in [9.17, 15) is 0 Å². The largest absolute Gasteiger partial charge is 0.317 e. The smallest absolute Gasteiger partial charge is 0.00489 e. The number of unbranched alkanes of at least 4 members (excludes halogenated alkanes) is 6. The number of hydrogen-bond acceptors (Lipinski definition) is 1. The van der Waals surface area contributed by atoms with Crippen LogP contribution in [-0.4, -0.2) is 13.1 Å². The standard InChI is InChI=1S/C15H33N/c1-4-5-6-10-13-16-14-11-8-7-9-12-15(2)3/h15-16H,4-14H2,1-3H3. The second kappa shape index (κ2) is 13.0. The molecule has 0 aromatic rings. The first-order chi connectivity index (χ1) is 7.77. The van der Waals surface area contributed by atoms with Crippen LogP contribution in [0.15, 0.2) is 0 Å². The van der Waals surface area contributed by atoms with Crippen molar-refractivity contribution in [1.82, 2.24) is 5.32 Å².